The van der Waals surface area contributed by atoms with Gasteiger partial charge in [0.05, 0.1) is 27.8 Å². The van der Waals surface area contributed by atoms with E-state index in [0.717, 1.165) is 0 Å². The summed E-state index contributed by atoms with van der Waals surface area (Å²) in [5, 5.41) is 17.7. The van der Waals surface area contributed by atoms with E-state index in [1.54, 1.807) is 0 Å². The summed E-state index contributed by atoms with van der Waals surface area (Å²) in [5.41, 5.74) is 0.170. The Morgan fingerprint density at radius 3 is 2.29 bits per heavy atom. The Labute approximate surface area is 121 Å². The predicted molar refractivity (Wildman–Crippen MR) is 75.4 cm³/mol. The van der Waals surface area contributed by atoms with Crippen LogP contribution >= 0.6 is 0 Å². The van der Waals surface area contributed by atoms with Crippen LogP contribution in [0.3, 0.4) is 0 Å². The zero-order valence-corrected chi connectivity index (χ0v) is 11.5. The van der Waals surface area contributed by atoms with Gasteiger partial charge in [0, 0.05) is 0 Å². The quantitative estimate of drug-likeness (QED) is 0.898. The van der Waals surface area contributed by atoms with E-state index in [4.69, 9.17) is 10.4 Å². The smallest absolute Gasteiger partial charge is 0.337 e. The molecule has 0 aliphatic carbocycles. The summed E-state index contributed by atoms with van der Waals surface area (Å²) in [5.74, 6) is -1.23. The van der Waals surface area contributed by atoms with Gasteiger partial charge >= 0.3 is 5.97 Å². The van der Waals surface area contributed by atoms with Crippen molar-refractivity contribution in [2.24, 2.45) is 0 Å². The molecule has 0 saturated heterocycles. The highest BCUT2D eigenvalue weighted by atomic mass is 32.2. The predicted octanol–water partition coefficient (Wildman–Crippen LogP) is 2.06. The van der Waals surface area contributed by atoms with Crippen molar-refractivity contribution >= 4 is 21.7 Å². The molecule has 2 aromatic carbocycles. The second kappa shape index (κ2) is 5.64. The van der Waals surface area contributed by atoms with Crippen LogP contribution in [0.4, 0.5) is 5.69 Å². The van der Waals surface area contributed by atoms with Gasteiger partial charge in [0.25, 0.3) is 10.0 Å². The number of nitrogens with one attached hydrogen (secondary N) is 1. The molecule has 0 amide bonds. The van der Waals surface area contributed by atoms with Gasteiger partial charge in [0.15, 0.2) is 0 Å². The molecule has 0 spiro atoms. The Hall–Kier alpha value is -2.85. The number of carboxylic acid groups (broad SMARTS) is 1. The van der Waals surface area contributed by atoms with Gasteiger partial charge in [-0.05, 0) is 36.4 Å². The number of sulfonamides is 1. The highest BCUT2D eigenvalue weighted by Crippen LogP contribution is 2.20. The topological polar surface area (TPSA) is 107 Å². The van der Waals surface area contributed by atoms with Crippen molar-refractivity contribution in [3.8, 4) is 6.07 Å². The molecule has 0 radical (unpaired) electrons. The fourth-order valence-electron chi connectivity index (χ4n) is 1.67. The average Bonchev–Trinajstić information content (AvgIpc) is 2.47. The first-order valence-electron chi connectivity index (χ1n) is 5.79. The molecule has 106 valence electrons. The fourth-order valence-corrected chi connectivity index (χ4v) is 2.75. The fraction of sp³-hybridized carbons (Fsp3) is 0. The summed E-state index contributed by atoms with van der Waals surface area (Å²) in [7, 11) is -3.92. The normalized spacial score (nSPS) is 10.6. The Balaban J connectivity index is 2.38. The lowest BCUT2D eigenvalue weighted by atomic mass is 10.2. The first-order chi connectivity index (χ1) is 9.94. The van der Waals surface area contributed by atoms with E-state index in [-0.39, 0.29) is 16.1 Å². The van der Waals surface area contributed by atoms with Gasteiger partial charge < -0.3 is 5.11 Å². The molecule has 0 fully saturated rings. The molecule has 2 rings (SSSR count). The number of hydrogen-bond acceptors (Lipinski definition) is 4. The molecule has 0 unspecified atom stereocenters. The van der Waals surface area contributed by atoms with E-state index in [1.807, 2.05) is 6.07 Å². The molecule has 6 nitrogen and oxygen atoms in total. The minimum Gasteiger partial charge on any atom is -0.478 e. The molecular weight excluding hydrogens is 292 g/mol. The lowest BCUT2D eigenvalue weighted by molar-refractivity contribution is 0.0698. The van der Waals surface area contributed by atoms with Crippen molar-refractivity contribution in [1.82, 2.24) is 0 Å². The Morgan fingerprint density at radius 2 is 1.71 bits per heavy atom. The van der Waals surface area contributed by atoms with Crippen molar-refractivity contribution in [3.05, 3.63) is 59.7 Å². The number of aromatic carboxylic acids is 1. The lowest BCUT2D eigenvalue weighted by Gasteiger charge is -2.10. The van der Waals surface area contributed by atoms with E-state index >= 15 is 0 Å². The van der Waals surface area contributed by atoms with Crippen LogP contribution in [0.2, 0.25) is 0 Å². The molecule has 0 aliphatic rings. The van der Waals surface area contributed by atoms with E-state index in [9.17, 15) is 13.2 Å². The van der Waals surface area contributed by atoms with Crippen LogP contribution in [-0.2, 0) is 10.0 Å². The molecule has 0 bridgehead atoms. The summed E-state index contributed by atoms with van der Waals surface area (Å²) in [6, 6.07) is 12.9. The number of nitrogens with zero attached hydrogens (tertiary/aromatic N) is 1. The second-order valence-electron chi connectivity index (χ2n) is 4.09. The molecule has 0 saturated carbocycles. The SMILES string of the molecule is N#Cc1ccc(S(=O)(=O)Nc2ccccc2C(=O)O)cc1. The number of carboxylic acids is 1. The van der Waals surface area contributed by atoms with Gasteiger partial charge in [-0.1, -0.05) is 12.1 Å². The highest BCUT2D eigenvalue weighted by Gasteiger charge is 2.18. The van der Waals surface area contributed by atoms with Crippen molar-refractivity contribution in [2.75, 3.05) is 4.72 Å². The zero-order valence-electron chi connectivity index (χ0n) is 10.6. The zero-order chi connectivity index (χ0) is 15.5. The number of carbonyl (C=O) groups is 1. The third-order valence-electron chi connectivity index (χ3n) is 2.70. The van der Waals surface area contributed by atoms with Crippen LogP contribution in [-0.4, -0.2) is 19.5 Å². The summed E-state index contributed by atoms with van der Waals surface area (Å²) < 4.78 is 26.6. The van der Waals surface area contributed by atoms with Gasteiger partial charge in [-0.25, -0.2) is 13.2 Å². The molecule has 2 aromatic rings. The Bertz CT molecular complexity index is 821. The molecule has 21 heavy (non-hydrogen) atoms. The lowest BCUT2D eigenvalue weighted by Crippen LogP contribution is -2.15. The van der Waals surface area contributed by atoms with Gasteiger partial charge in [-0.15, -0.1) is 0 Å². The summed E-state index contributed by atoms with van der Waals surface area (Å²) >= 11 is 0. The van der Waals surface area contributed by atoms with Crippen LogP contribution < -0.4 is 4.72 Å². The molecule has 0 aliphatic heterocycles. The van der Waals surface area contributed by atoms with Gasteiger partial charge in [0.1, 0.15) is 0 Å². The molecule has 0 heterocycles. The van der Waals surface area contributed by atoms with Crippen LogP contribution in [0, 0.1) is 11.3 Å². The van der Waals surface area contributed by atoms with Crippen LogP contribution in [0.25, 0.3) is 0 Å². The molecular formula is C14H10N2O4S. The second-order valence-corrected chi connectivity index (χ2v) is 5.77. The average molecular weight is 302 g/mol. The first-order valence-corrected chi connectivity index (χ1v) is 7.27. The maximum Gasteiger partial charge on any atom is 0.337 e. The maximum atomic E-state index is 12.2. The number of rotatable bonds is 4. The third-order valence-corrected chi connectivity index (χ3v) is 4.08. The molecule has 0 aromatic heterocycles. The summed E-state index contributed by atoms with van der Waals surface area (Å²) in [4.78, 5) is 11.0. The number of para-hydroxylation sites is 1. The molecule has 7 heteroatoms. The monoisotopic (exact) mass is 302 g/mol. The van der Waals surface area contributed by atoms with Crippen LogP contribution in [0.1, 0.15) is 15.9 Å². The van der Waals surface area contributed by atoms with Gasteiger partial charge in [0.2, 0.25) is 0 Å². The largest absolute Gasteiger partial charge is 0.478 e. The highest BCUT2D eigenvalue weighted by molar-refractivity contribution is 7.92. The van der Waals surface area contributed by atoms with E-state index in [0.29, 0.717) is 5.56 Å². The standard InChI is InChI=1S/C14H10N2O4S/c15-9-10-5-7-11(8-6-10)21(19,20)16-13-4-2-1-3-12(13)14(17)18/h1-8,16H,(H,17,18). The Kier molecular flexibility index (Phi) is 3.91. The van der Waals surface area contributed by atoms with Crippen LogP contribution in [0.5, 0.6) is 0 Å². The minimum atomic E-state index is -3.92. The van der Waals surface area contributed by atoms with Crippen LogP contribution in [0.15, 0.2) is 53.4 Å². The number of hydrogen-bond donors (Lipinski definition) is 2. The summed E-state index contributed by atoms with van der Waals surface area (Å²) in [6.45, 7) is 0. The van der Waals surface area contributed by atoms with E-state index in [1.165, 1.54) is 48.5 Å². The van der Waals surface area contributed by atoms with E-state index < -0.39 is 16.0 Å². The molecule has 2 N–H and O–H groups in total. The van der Waals surface area contributed by atoms with Gasteiger partial charge in [-0.2, -0.15) is 5.26 Å². The van der Waals surface area contributed by atoms with Gasteiger partial charge in [-0.3, -0.25) is 4.72 Å². The Morgan fingerprint density at radius 1 is 1.10 bits per heavy atom. The summed E-state index contributed by atoms with van der Waals surface area (Å²) in [6.07, 6.45) is 0. The number of benzene rings is 2. The van der Waals surface area contributed by atoms with Crippen molar-refractivity contribution in [2.45, 2.75) is 4.90 Å². The molecule has 0 atom stereocenters. The number of anilines is 1. The van der Waals surface area contributed by atoms with Crippen molar-refractivity contribution in [1.29, 1.82) is 5.26 Å². The van der Waals surface area contributed by atoms with E-state index in [2.05, 4.69) is 4.72 Å². The first kappa shape index (κ1) is 14.6. The minimum absolute atomic E-state index is 0.0191. The maximum absolute atomic E-state index is 12.2. The van der Waals surface area contributed by atoms with Crippen molar-refractivity contribution in [3.63, 3.8) is 0 Å². The van der Waals surface area contributed by atoms with Crippen molar-refractivity contribution < 1.29 is 18.3 Å². The number of nitriles is 1. The third kappa shape index (κ3) is 3.19.